The van der Waals surface area contributed by atoms with Gasteiger partial charge in [0.2, 0.25) is 5.91 Å². The molecule has 1 saturated heterocycles. The molecule has 1 aliphatic heterocycles. The Morgan fingerprint density at radius 3 is 2.37 bits per heavy atom. The molecular weight excluding hydrogens is 382 g/mol. The predicted molar refractivity (Wildman–Crippen MR) is 119 cm³/mol. The van der Waals surface area contributed by atoms with Crippen molar-refractivity contribution < 1.29 is 14.3 Å². The van der Waals surface area contributed by atoms with Crippen molar-refractivity contribution in [2.24, 2.45) is 10.9 Å². The second kappa shape index (κ2) is 10.3. The molecule has 8 heteroatoms. The Morgan fingerprint density at radius 1 is 1.20 bits per heavy atom. The third-order valence-electron chi connectivity index (χ3n) is 4.38. The molecule has 0 unspecified atom stereocenters. The van der Waals surface area contributed by atoms with Crippen molar-refractivity contribution in [1.82, 2.24) is 15.5 Å². The Morgan fingerprint density at radius 2 is 1.83 bits per heavy atom. The molecular formula is C22H35N5O3. The lowest BCUT2D eigenvalue weighted by Crippen LogP contribution is -2.63. The number of hydrogen-bond donors (Lipinski definition) is 3. The number of rotatable bonds is 6. The van der Waals surface area contributed by atoms with Crippen molar-refractivity contribution in [3.63, 3.8) is 0 Å². The van der Waals surface area contributed by atoms with Crippen LogP contribution in [0.1, 0.15) is 47.1 Å². The van der Waals surface area contributed by atoms with Crippen LogP contribution in [0.3, 0.4) is 0 Å². The van der Waals surface area contributed by atoms with Crippen LogP contribution in [0.25, 0.3) is 0 Å². The molecule has 0 bridgehead atoms. The van der Waals surface area contributed by atoms with Gasteiger partial charge in [0.05, 0.1) is 12.6 Å². The van der Waals surface area contributed by atoms with Gasteiger partial charge in [0.25, 0.3) is 0 Å². The zero-order valence-electron chi connectivity index (χ0n) is 18.9. The van der Waals surface area contributed by atoms with Gasteiger partial charge in [-0.25, -0.2) is 9.79 Å². The number of aliphatic imine (C=N–C) groups is 1. The van der Waals surface area contributed by atoms with E-state index in [0.717, 1.165) is 17.8 Å². The summed E-state index contributed by atoms with van der Waals surface area (Å²) in [7, 11) is 0. The van der Waals surface area contributed by atoms with Crippen LogP contribution < -0.4 is 16.0 Å². The Hall–Kier alpha value is -2.77. The fourth-order valence-electron chi connectivity index (χ4n) is 2.71. The maximum atomic E-state index is 12.0. The summed E-state index contributed by atoms with van der Waals surface area (Å²) >= 11 is 0. The molecule has 1 aromatic rings. The third-order valence-corrected chi connectivity index (χ3v) is 4.38. The average molecular weight is 418 g/mol. The Balaban J connectivity index is 1.85. The number of benzene rings is 1. The van der Waals surface area contributed by atoms with Crippen molar-refractivity contribution in [3.05, 3.63) is 29.8 Å². The van der Waals surface area contributed by atoms with Crippen LogP contribution in [0.15, 0.2) is 29.3 Å². The highest BCUT2D eigenvalue weighted by Gasteiger charge is 2.34. The number of anilines is 1. The minimum absolute atomic E-state index is 0.000303. The number of carbonyl (C=O) groups excluding carboxylic acids is 2. The molecule has 0 aliphatic carbocycles. The molecule has 166 valence electrons. The SMILES string of the molecule is CCNC(=NCc1ccc(NC(=O)C(C)C)cc1)NC1CN(C(=O)OC(C)(C)C)C1. The van der Waals surface area contributed by atoms with Crippen molar-refractivity contribution in [2.75, 3.05) is 25.0 Å². The van der Waals surface area contributed by atoms with E-state index >= 15 is 0 Å². The van der Waals surface area contributed by atoms with Crippen molar-refractivity contribution in [2.45, 2.75) is 59.7 Å². The lowest BCUT2D eigenvalue weighted by molar-refractivity contribution is -0.118. The molecule has 1 aliphatic rings. The zero-order valence-corrected chi connectivity index (χ0v) is 18.9. The lowest BCUT2D eigenvalue weighted by atomic mass is 10.1. The summed E-state index contributed by atoms with van der Waals surface area (Å²) in [6.07, 6.45) is -0.285. The van der Waals surface area contributed by atoms with Crippen LogP contribution in [0.2, 0.25) is 0 Å². The van der Waals surface area contributed by atoms with E-state index in [1.54, 1.807) is 4.90 Å². The van der Waals surface area contributed by atoms with Gasteiger partial charge >= 0.3 is 6.09 Å². The number of guanidine groups is 1. The normalized spacial score (nSPS) is 14.9. The fraction of sp³-hybridized carbons (Fsp3) is 0.591. The summed E-state index contributed by atoms with van der Waals surface area (Å²) in [5.74, 6) is 0.657. The van der Waals surface area contributed by atoms with Gasteiger partial charge < -0.3 is 25.6 Å². The van der Waals surface area contributed by atoms with Gasteiger partial charge in [0.15, 0.2) is 5.96 Å². The standard InChI is InChI=1S/C22H35N5O3/c1-7-23-20(26-18-13-27(14-18)21(29)30-22(4,5)6)24-12-16-8-10-17(11-9-16)25-19(28)15(2)3/h8-11,15,18H,7,12-14H2,1-6H3,(H,25,28)(H2,23,24,26). The van der Waals surface area contributed by atoms with Gasteiger partial charge in [-0.3, -0.25) is 4.79 Å². The van der Waals surface area contributed by atoms with Crippen molar-refractivity contribution >= 4 is 23.6 Å². The van der Waals surface area contributed by atoms with E-state index in [-0.39, 0.29) is 24.0 Å². The largest absolute Gasteiger partial charge is 0.444 e. The van der Waals surface area contributed by atoms with Gasteiger partial charge in [-0.05, 0) is 45.4 Å². The highest BCUT2D eigenvalue weighted by molar-refractivity contribution is 5.92. The van der Waals surface area contributed by atoms with Crippen LogP contribution in [0.5, 0.6) is 0 Å². The molecule has 2 rings (SSSR count). The first-order chi connectivity index (χ1) is 14.1. The summed E-state index contributed by atoms with van der Waals surface area (Å²) in [5.41, 5.74) is 1.33. The van der Waals surface area contributed by atoms with Gasteiger partial charge in [-0.2, -0.15) is 0 Å². The van der Waals surface area contributed by atoms with Gasteiger partial charge in [-0.1, -0.05) is 26.0 Å². The van der Waals surface area contributed by atoms with Crippen LogP contribution in [0, 0.1) is 5.92 Å². The van der Waals surface area contributed by atoms with Gasteiger partial charge in [-0.15, -0.1) is 0 Å². The topological polar surface area (TPSA) is 95.1 Å². The van der Waals surface area contributed by atoms with E-state index in [2.05, 4.69) is 20.9 Å². The molecule has 2 amide bonds. The number of hydrogen-bond acceptors (Lipinski definition) is 4. The summed E-state index contributed by atoms with van der Waals surface area (Å²) in [5, 5.41) is 9.47. The van der Waals surface area contributed by atoms with E-state index < -0.39 is 5.60 Å². The number of amides is 2. The lowest BCUT2D eigenvalue weighted by Gasteiger charge is -2.40. The molecule has 8 nitrogen and oxygen atoms in total. The molecule has 0 spiro atoms. The second-order valence-corrected chi connectivity index (χ2v) is 8.76. The van der Waals surface area contributed by atoms with Crippen molar-refractivity contribution in [1.29, 1.82) is 0 Å². The first kappa shape index (κ1) is 23.5. The Bertz CT molecular complexity index is 747. The minimum atomic E-state index is -0.487. The maximum absolute atomic E-state index is 12.0. The Kier molecular flexibility index (Phi) is 8.08. The van der Waals surface area contributed by atoms with E-state index in [1.165, 1.54) is 0 Å². The van der Waals surface area contributed by atoms with Crippen LogP contribution in [-0.2, 0) is 16.1 Å². The molecule has 0 atom stereocenters. The molecule has 0 radical (unpaired) electrons. The van der Waals surface area contributed by atoms with Gasteiger partial charge in [0.1, 0.15) is 5.60 Å². The first-order valence-electron chi connectivity index (χ1n) is 10.5. The van der Waals surface area contributed by atoms with Crippen LogP contribution in [0.4, 0.5) is 10.5 Å². The second-order valence-electron chi connectivity index (χ2n) is 8.76. The highest BCUT2D eigenvalue weighted by atomic mass is 16.6. The van der Waals surface area contributed by atoms with Crippen molar-refractivity contribution in [3.8, 4) is 0 Å². The van der Waals surface area contributed by atoms with E-state index in [1.807, 2.05) is 65.8 Å². The molecule has 0 aromatic heterocycles. The summed E-state index contributed by atoms with van der Waals surface area (Å²) in [6.45, 7) is 13.8. The average Bonchev–Trinajstić information content (AvgIpc) is 2.61. The smallest absolute Gasteiger partial charge is 0.410 e. The van der Waals surface area contributed by atoms with Crippen LogP contribution in [-0.4, -0.2) is 54.1 Å². The summed E-state index contributed by atoms with van der Waals surface area (Å²) in [6, 6.07) is 7.82. The first-order valence-corrected chi connectivity index (χ1v) is 10.5. The third kappa shape index (κ3) is 7.57. The minimum Gasteiger partial charge on any atom is -0.444 e. The fourth-order valence-corrected chi connectivity index (χ4v) is 2.71. The maximum Gasteiger partial charge on any atom is 0.410 e. The highest BCUT2D eigenvalue weighted by Crippen LogP contribution is 2.15. The number of likely N-dealkylation sites (tertiary alicyclic amines) is 1. The molecule has 1 fully saturated rings. The number of ether oxygens (including phenoxy) is 1. The predicted octanol–water partition coefficient (Wildman–Crippen LogP) is 2.96. The number of carbonyl (C=O) groups is 2. The summed E-state index contributed by atoms with van der Waals surface area (Å²) in [4.78, 5) is 30.1. The quantitative estimate of drug-likeness (QED) is 0.489. The van der Waals surface area contributed by atoms with Gasteiger partial charge in [0, 0.05) is 31.2 Å². The zero-order chi connectivity index (χ0) is 22.3. The van der Waals surface area contributed by atoms with E-state index in [9.17, 15) is 9.59 Å². The molecule has 1 aromatic carbocycles. The molecule has 1 heterocycles. The molecule has 30 heavy (non-hydrogen) atoms. The molecule has 3 N–H and O–H groups in total. The van der Waals surface area contributed by atoms with Crippen LogP contribution >= 0.6 is 0 Å². The van der Waals surface area contributed by atoms with E-state index in [4.69, 9.17) is 4.74 Å². The summed E-state index contributed by atoms with van der Waals surface area (Å²) < 4.78 is 5.38. The molecule has 0 saturated carbocycles. The number of nitrogens with one attached hydrogen (secondary N) is 3. The number of nitrogens with zero attached hydrogens (tertiary/aromatic N) is 2. The monoisotopic (exact) mass is 417 g/mol. The van der Waals surface area contributed by atoms with E-state index in [0.29, 0.717) is 25.6 Å². The Labute approximate surface area is 179 Å².